The molecule has 10 heavy (non-hydrogen) atoms. The highest BCUT2D eigenvalue weighted by atomic mass is 19.1. The summed E-state index contributed by atoms with van der Waals surface area (Å²) in [6.45, 7) is 7.53. The van der Waals surface area contributed by atoms with E-state index in [1.807, 2.05) is 13.0 Å². The predicted molar refractivity (Wildman–Crippen MR) is 43.7 cm³/mol. The van der Waals surface area contributed by atoms with Crippen molar-refractivity contribution in [2.45, 2.75) is 26.7 Å². The van der Waals surface area contributed by atoms with Gasteiger partial charge >= 0.3 is 0 Å². The molecule has 0 aliphatic heterocycles. The lowest BCUT2D eigenvalue weighted by atomic mass is 9.99. The SMILES string of the molecule is C=CC(C)CCC(C)CF. The van der Waals surface area contributed by atoms with E-state index < -0.39 is 0 Å². The van der Waals surface area contributed by atoms with E-state index in [1.165, 1.54) is 0 Å². The zero-order valence-electron chi connectivity index (χ0n) is 6.94. The average Bonchev–Trinajstić information content (AvgIpc) is 1.99. The number of allylic oxidation sites excluding steroid dienone is 1. The van der Waals surface area contributed by atoms with E-state index in [1.54, 1.807) is 0 Å². The summed E-state index contributed by atoms with van der Waals surface area (Å²) in [6.07, 6.45) is 3.96. The highest BCUT2D eigenvalue weighted by molar-refractivity contribution is 4.75. The van der Waals surface area contributed by atoms with Crippen LogP contribution in [0, 0.1) is 11.8 Å². The fourth-order valence-electron chi connectivity index (χ4n) is 0.742. The molecule has 0 saturated carbocycles. The molecule has 0 bridgehead atoms. The minimum atomic E-state index is -0.191. The van der Waals surface area contributed by atoms with Gasteiger partial charge in [-0.15, -0.1) is 6.58 Å². The van der Waals surface area contributed by atoms with Gasteiger partial charge in [-0.1, -0.05) is 19.9 Å². The minimum absolute atomic E-state index is 0.191. The van der Waals surface area contributed by atoms with E-state index in [4.69, 9.17) is 0 Å². The van der Waals surface area contributed by atoms with Crippen molar-refractivity contribution in [2.24, 2.45) is 11.8 Å². The second-order valence-corrected chi connectivity index (χ2v) is 3.05. The van der Waals surface area contributed by atoms with E-state index in [2.05, 4.69) is 13.5 Å². The Morgan fingerprint density at radius 2 is 2.00 bits per heavy atom. The van der Waals surface area contributed by atoms with Crippen LogP contribution in [-0.4, -0.2) is 6.67 Å². The molecule has 0 rings (SSSR count). The van der Waals surface area contributed by atoms with E-state index in [9.17, 15) is 4.39 Å². The van der Waals surface area contributed by atoms with Gasteiger partial charge in [0.05, 0.1) is 6.67 Å². The summed E-state index contributed by atoms with van der Waals surface area (Å²) >= 11 is 0. The molecular formula is C9H17F. The van der Waals surface area contributed by atoms with Crippen molar-refractivity contribution in [3.05, 3.63) is 12.7 Å². The summed E-state index contributed by atoms with van der Waals surface area (Å²) < 4.78 is 11.9. The largest absolute Gasteiger partial charge is 0.251 e. The molecule has 60 valence electrons. The van der Waals surface area contributed by atoms with Gasteiger partial charge < -0.3 is 0 Å². The molecule has 0 saturated heterocycles. The third-order valence-corrected chi connectivity index (χ3v) is 1.78. The third-order valence-electron chi connectivity index (χ3n) is 1.78. The quantitative estimate of drug-likeness (QED) is 0.520. The zero-order chi connectivity index (χ0) is 7.98. The first-order chi connectivity index (χ1) is 4.70. The van der Waals surface area contributed by atoms with Crippen LogP contribution in [0.2, 0.25) is 0 Å². The van der Waals surface area contributed by atoms with Gasteiger partial charge in [0, 0.05) is 0 Å². The molecule has 0 aliphatic carbocycles. The highest BCUT2D eigenvalue weighted by Gasteiger charge is 2.02. The van der Waals surface area contributed by atoms with Crippen molar-refractivity contribution in [2.75, 3.05) is 6.67 Å². The Morgan fingerprint density at radius 3 is 2.40 bits per heavy atom. The van der Waals surface area contributed by atoms with Crippen LogP contribution in [0.5, 0.6) is 0 Å². The van der Waals surface area contributed by atoms with Gasteiger partial charge in [0.2, 0.25) is 0 Å². The number of hydrogen-bond donors (Lipinski definition) is 0. The molecule has 0 nitrogen and oxygen atoms in total. The van der Waals surface area contributed by atoms with Crippen molar-refractivity contribution < 1.29 is 4.39 Å². The Labute approximate surface area is 63.1 Å². The maximum atomic E-state index is 11.9. The van der Waals surface area contributed by atoms with Crippen molar-refractivity contribution in [1.82, 2.24) is 0 Å². The molecule has 0 fully saturated rings. The molecular weight excluding hydrogens is 127 g/mol. The van der Waals surface area contributed by atoms with Crippen LogP contribution < -0.4 is 0 Å². The molecule has 2 unspecified atom stereocenters. The molecule has 0 spiro atoms. The number of halogens is 1. The zero-order valence-corrected chi connectivity index (χ0v) is 6.94. The Balaban J connectivity index is 3.25. The second-order valence-electron chi connectivity index (χ2n) is 3.05. The van der Waals surface area contributed by atoms with Crippen LogP contribution in [-0.2, 0) is 0 Å². The lowest BCUT2D eigenvalue weighted by molar-refractivity contribution is 0.350. The summed E-state index contributed by atoms with van der Waals surface area (Å²) in [6, 6.07) is 0. The molecule has 2 atom stereocenters. The van der Waals surface area contributed by atoms with Crippen LogP contribution >= 0.6 is 0 Å². The first-order valence-corrected chi connectivity index (χ1v) is 3.89. The fraction of sp³-hybridized carbons (Fsp3) is 0.778. The van der Waals surface area contributed by atoms with E-state index >= 15 is 0 Å². The lowest BCUT2D eigenvalue weighted by Gasteiger charge is -2.08. The smallest absolute Gasteiger partial charge is 0.0919 e. The van der Waals surface area contributed by atoms with E-state index in [-0.39, 0.29) is 12.6 Å². The van der Waals surface area contributed by atoms with E-state index in [0.29, 0.717) is 5.92 Å². The summed E-state index contributed by atoms with van der Waals surface area (Å²) in [4.78, 5) is 0. The summed E-state index contributed by atoms with van der Waals surface area (Å²) in [5, 5.41) is 0. The van der Waals surface area contributed by atoms with Crippen LogP contribution in [0.25, 0.3) is 0 Å². The fourth-order valence-corrected chi connectivity index (χ4v) is 0.742. The number of rotatable bonds is 5. The summed E-state index contributed by atoms with van der Waals surface area (Å²) in [7, 11) is 0. The van der Waals surface area contributed by atoms with Gasteiger partial charge in [0.1, 0.15) is 0 Å². The number of hydrogen-bond acceptors (Lipinski definition) is 0. The van der Waals surface area contributed by atoms with Gasteiger partial charge in [-0.3, -0.25) is 4.39 Å². The normalized spacial score (nSPS) is 16.3. The van der Waals surface area contributed by atoms with Gasteiger partial charge in [-0.05, 0) is 24.7 Å². The lowest BCUT2D eigenvalue weighted by Crippen LogP contribution is -1.99. The molecule has 1 heteroatoms. The highest BCUT2D eigenvalue weighted by Crippen LogP contribution is 2.12. The van der Waals surface area contributed by atoms with Gasteiger partial charge in [0.25, 0.3) is 0 Å². The third kappa shape index (κ3) is 4.54. The van der Waals surface area contributed by atoms with Gasteiger partial charge in [-0.2, -0.15) is 0 Å². The minimum Gasteiger partial charge on any atom is -0.251 e. The van der Waals surface area contributed by atoms with Crippen molar-refractivity contribution in [1.29, 1.82) is 0 Å². The van der Waals surface area contributed by atoms with Crippen molar-refractivity contribution >= 4 is 0 Å². The monoisotopic (exact) mass is 144 g/mol. The predicted octanol–water partition coefficient (Wildman–Crippen LogP) is 3.19. The molecule has 0 aliphatic rings. The Bertz CT molecular complexity index is 88.7. The topological polar surface area (TPSA) is 0 Å². The molecule has 0 heterocycles. The summed E-state index contributed by atoms with van der Waals surface area (Å²) in [5.41, 5.74) is 0. The van der Waals surface area contributed by atoms with Crippen LogP contribution in [0.4, 0.5) is 4.39 Å². The van der Waals surface area contributed by atoms with Crippen LogP contribution in [0.1, 0.15) is 26.7 Å². The second kappa shape index (κ2) is 5.45. The summed E-state index contributed by atoms with van der Waals surface area (Å²) in [5.74, 6) is 0.761. The molecule has 0 radical (unpaired) electrons. The standard InChI is InChI=1S/C9H17F/c1-4-8(2)5-6-9(3)7-10/h4,8-9H,1,5-7H2,2-3H3. The molecule has 0 aromatic heterocycles. The van der Waals surface area contributed by atoms with Crippen molar-refractivity contribution in [3.63, 3.8) is 0 Å². The Hall–Kier alpha value is -0.330. The molecule has 0 N–H and O–H groups in total. The van der Waals surface area contributed by atoms with Gasteiger partial charge in [-0.25, -0.2) is 0 Å². The van der Waals surface area contributed by atoms with Crippen LogP contribution in [0.3, 0.4) is 0 Å². The first-order valence-electron chi connectivity index (χ1n) is 3.89. The Kier molecular flexibility index (Phi) is 5.27. The Morgan fingerprint density at radius 1 is 1.40 bits per heavy atom. The maximum Gasteiger partial charge on any atom is 0.0919 e. The van der Waals surface area contributed by atoms with Gasteiger partial charge in [0.15, 0.2) is 0 Å². The molecule has 0 aromatic rings. The van der Waals surface area contributed by atoms with Crippen molar-refractivity contribution in [3.8, 4) is 0 Å². The van der Waals surface area contributed by atoms with Crippen LogP contribution in [0.15, 0.2) is 12.7 Å². The first kappa shape index (κ1) is 9.67. The maximum absolute atomic E-state index is 11.9. The average molecular weight is 144 g/mol. The molecule has 0 aromatic carbocycles. The molecule has 0 amide bonds. The number of alkyl halides is 1. The van der Waals surface area contributed by atoms with E-state index in [0.717, 1.165) is 12.8 Å².